The first-order chi connectivity index (χ1) is 7.39. The van der Waals surface area contributed by atoms with Gasteiger partial charge in [-0.25, -0.2) is 0 Å². The Hall–Kier alpha value is -0.610. The molecule has 0 bridgehead atoms. The molecule has 1 fully saturated rings. The molecule has 94 valence electrons. The fraction of sp³-hybridized carbons (Fsp3) is 0.917. The molecule has 1 rings (SSSR count). The van der Waals surface area contributed by atoms with Gasteiger partial charge in [0.2, 0.25) is 5.91 Å². The summed E-state index contributed by atoms with van der Waals surface area (Å²) in [5, 5.41) is 3.06. The lowest BCUT2D eigenvalue weighted by molar-refractivity contribution is -0.138. The smallest absolute Gasteiger partial charge is 0.227 e. The van der Waals surface area contributed by atoms with Crippen LogP contribution in [0.1, 0.15) is 26.7 Å². The minimum absolute atomic E-state index is 0.141. The first kappa shape index (κ1) is 13.5. The molecule has 1 saturated carbocycles. The number of nitrogens with zero attached hydrogens (tertiary/aromatic N) is 1. The number of likely N-dealkylation sites (N-methyl/N-ethyl adjacent to an activating group) is 1. The third-order valence-corrected chi connectivity index (χ3v) is 3.37. The van der Waals surface area contributed by atoms with E-state index in [0.29, 0.717) is 12.5 Å². The Bertz CT molecular complexity index is 247. The topological polar surface area (TPSA) is 58.4 Å². The molecular formula is C12H25N3O. The number of nitrogens with two attached hydrogens (primary N) is 1. The SMILES string of the molecule is CC1CC(CN)(C(=O)NC(C)CN(C)C)C1. The standard InChI is InChI=1S/C12H25N3O/c1-9-5-12(6-9,8-13)11(16)14-10(2)7-15(3)4/h9-10H,5-8,13H2,1-4H3,(H,14,16). The molecule has 3 N–H and O–H groups in total. The second-order valence-electron chi connectivity index (χ2n) is 5.63. The molecule has 1 unspecified atom stereocenters. The van der Waals surface area contributed by atoms with Crippen molar-refractivity contribution in [3.63, 3.8) is 0 Å². The van der Waals surface area contributed by atoms with Crippen LogP contribution in [0.25, 0.3) is 0 Å². The van der Waals surface area contributed by atoms with Crippen molar-refractivity contribution in [1.82, 2.24) is 10.2 Å². The van der Waals surface area contributed by atoms with Crippen molar-refractivity contribution in [3.05, 3.63) is 0 Å². The van der Waals surface area contributed by atoms with Crippen LogP contribution in [0.2, 0.25) is 0 Å². The molecule has 0 aromatic rings. The molecule has 1 atom stereocenters. The second kappa shape index (κ2) is 5.15. The molecule has 0 saturated heterocycles. The van der Waals surface area contributed by atoms with E-state index in [1.54, 1.807) is 0 Å². The average Bonchev–Trinajstić information content (AvgIpc) is 2.10. The summed E-state index contributed by atoms with van der Waals surface area (Å²) in [6.45, 7) is 5.54. The molecular weight excluding hydrogens is 202 g/mol. The highest BCUT2D eigenvalue weighted by molar-refractivity contribution is 5.84. The Morgan fingerprint density at radius 2 is 2.12 bits per heavy atom. The van der Waals surface area contributed by atoms with Crippen LogP contribution in [0.3, 0.4) is 0 Å². The van der Waals surface area contributed by atoms with Crippen molar-refractivity contribution in [1.29, 1.82) is 0 Å². The van der Waals surface area contributed by atoms with Gasteiger partial charge in [0.1, 0.15) is 0 Å². The zero-order valence-electron chi connectivity index (χ0n) is 10.9. The summed E-state index contributed by atoms with van der Waals surface area (Å²) >= 11 is 0. The number of rotatable bonds is 5. The maximum Gasteiger partial charge on any atom is 0.227 e. The van der Waals surface area contributed by atoms with Crippen LogP contribution in [-0.2, 0) is 4.79 Å². The first-order valence-electron chi connectivity index (χ1n) is 6.05. The molecule has 0 heterocycles. The summed E-state index contributed by atoms with van der Waals surface area (Å²) < 4.78 is 0. The normalized spacial score (nSPS) is 31.0. The van der Waals surface area contributed by atoms with Crippen molar-refractivity contribution in [3.8, 4) is 0 Å². The first-order valence-corrected chi connectivity index (χ1v) is 6.05. The van der Waals surface area contributed by atoms with Crippen molar-refractivity contribution in [2.45, 2.75) is 32.7 Å². The van der Waals surface area contributed by atoms with Crippen LogP contribution < -0.4 is 11.1 Å². The van der Waals surface area contributed by atoms with Crippen LogP contribution in [0.5, 0.6) is 0 Å². The van der Waals surface area contributed by atoms with Gasteiger partial charge in [-0.15, -0.1) is 0 Å². The maximum absolute atomic E-state index is 12.1. The molecule has 0 aromatic carbocycles. The maximum atomic E-state index is 12.1. The predicted octanol–water partition coefficient (Wildman–Crippen LogP) is 0.428. The van der Waals surface area contributed by atoms with E-state index in [2.05, 4.69) is 17.1 Å². The molecule has 16 heavy (non-hydrogen) atoms. The number of hydrogen-bond acceptors (Lipinski definition) is 3. The summed E-state index contributed by atoms with van der Waals surface area (Å²) in [6.07, 6.45) is 1.87. The summed E-state index contributed by atoms with van der Waals surface area (Å²) in [7, 11) is 4.01. The summed E-state index contributed by atoms with van der Waals surface area (Å²) in [6, 6.07) is 0.182. The van der Waals surface area contributed by atoms with Crippen LogP contribution in [0.15, 0.2) is 0 Å². The molecule has 0 aliphatic heterocycles. The lowest BCUT2D eigenvalue weighted by Gasteiger charge is -2.44. The van der Waals surface area contributed by atoms with Crippen LogP contribution in [0, 0.1) is 11.3 Å². The zero-order valence-corrected chi connectivity index (χ0v) is 10.9. The molecule has 0 aromatic heterocycles. The third-order valence-electron chi connectivity index (χ3n) is 3.37. The summed E-state index contributed by atoms with van der Waals surface area (Å²) in [5.41, 5.74) is 5.46. The fourth-order valence-corrected chi connectivity index (χ4v) is 2.69. The average molecular weight is 227 g/mol. The molecule has 1 amide bonds. The van der Waals surface area contributed by atoms with E-state index in [1.807, 2.05) is 21.0 Å². The van der Waals surface area contributed by atoms with Crippen LogP contribution >= 0.6 is 0 Å². The van der Waals surface area contributed by atoms with Gasteiger partial charge in [0.05, 0.1) is 5.41 Å². The van der Waals surface area contributed by atoms with E-state index in [4.69, 9.17) is 5.73 Å². The van der Waals surface area contributed by atoms with Gasteiger partial charge >= 0.3 is 0 Å². The lowest BCUT2D eigenvalue weighted by atomic mass is 9.62. The van der Waals surface area contributed by atoms with Gasteiger partial charge in [0.25, 0.3) is 0 Å². The van der Waals surface area contributed by atoms with Gasteiger partial charge in [-0.1, -0.05) is 6.92 Å². The van der Waals surface area contributed by atoms with E-state index in [9.17, 15) is 4.79 Å². The highest BCUT2D eigenvalue weighted by atomic mass is 16.2. The van der Waals surface area contributed by atoms with Gasteiger partial charge in [-0.3, -0.25) is 4.79 Å². The van der Waals surface area contributed by atoms with Gasteiger partial charge < -0.3 is 16.0 Å². The number of carbonyl (C=O) groups is 1. The highest BCUT2D eigenvalue weighted by Crippen LogP contribution is 2.44. The van der Waals surface area contributed by atoms with E-state index < -0.39 is 0 Å². The largest absolute Gasteiger partial charge is 0.352 e. The lowest BCUT2D eigenvalue weighted by Crippen LogP contribution is -2.56. The van der Waals surface area contributed by atoms with Gasteiger partial charge in [-0.2, -0.15) is 0 Å². The molecule has 1 aliphatic rings. The minimum Gasteiger partial charge on any atom is -0.352 e. The summed E-state index contributed by atoms with van der Waals surface area (Å²) in [4.78, 5) is 14.2. The molecule has 1 aliphatic carbocycles. The Morgan fingerprint density at radius 3 is 2.50 bits per heavy atom. The van der Waals surface area contributed by atoms with Gasteiger partial charge in [-0.05, 0) is 39.8 Å². The van der Waals surface area contributed by atoms with Crippen molar-refractivity contribution in [2.24, 2.45) is 17.1 Å². The number of amides is 1. The quantitative estimate of drug-likeness (QED) is 0.716. The fourth-order valence-electron chi connectivity index (χ4n) is 2.69. The van der Waals surface area contributed by atoms with E-state index in [1.165, 1.54) is 0 Å². The Labute approximate surface area is 98.6 Å². The Balaban J connectivity index is 2.45. The summed E-state index contributed by atoms with van der Waals surface area (Å²) in [5.74, 6) is 0.779. The number of hydrogen-bond donors (Lipinski definition) is 2. The van der Waals surface area contributed by atoms with Crippen molar-refractivity contribution >= 4 is 5.91 Å². The number of carbonyl (C=O) groups excluding carboxylic acids is 1. The van der Waals surface area contributed by atoms with Gasteiger partial charge in [0.15, 0.2) is 0 Å². The zero-order chi connectivity index (χ0) is 12.3. The van der Waals surface area contributed by atoms with Crippen molar-refractivity contribution in [2.75, 3.05) is 27.2 Å². The second-order valence-corrected chi connectivity index (χ2v) is 5.63. The van der Waals surface area contributed by atoms with Gasteiger partial charge in [0, 0.05) is 19.1 Å². The monoisotopic (exact) mass is 227 g/mol. The van der Waals surface area contributed by atoms with E-state index >= 15 is 0 Å². The predicted molar refractivity (Wildman–Crippen MR) is 66.0 cm³/mol. The Kier molecular flexibility index (Phi) is 4.33. The Morgan fingerprint density at radius 1 is 1.56 bits per heavy atom. The molecule has 0 radical (unpaired) electrons. The van der Waals surface area contributed by atoms with E-state index in [-0.39, 0.29) is 17.4 Å². The highest BCUT2D eigenvalue weighted by Gasteiger charge is 2.47. The molecule has 4 nitrogen and oxygen atoms in total. The number of nitrogens with one attached hydrogen (secondary N) is 1. The van der Waals surface area contributed by atoms with E-state index in [0.717, 1.165) is 19.4 Å². The minimum atomic E-state index is -0.278. The van der Waals surface area contributed by atoms with Crippen LogP contribution in [-0.4, -0.2) is 44.0 Å². The molecule has 4 heteroatoms. The third kappa shape index (κ3) is 2.95. The van der Waals surface area contributed by atoms with Crippen molar-refractivity contribution < 1.29 is 4.79 Å². The molecule has 0 spiro atoms. The van der Waals surface area contributed by atoms with Crippen LogP contribution in [0.4, 0.5) is 0 Å².